The van der Waals surface area contributed by atoms with Crippen molar-refractivity contribution in [2.24, 2.45) is 0 Å². The van der Waals surface area contributed by atoms with Gasteiger partial charge in [0, 0.05) is 31.8 Å². The Morgan fingerprint density at radius 1 is 1.04 bits per heavy atom. The fraction of sp³-hybridized carbons (Fsp3) is 0.952. The molecule has 0 aromatic carbocycles. The summed E-state index contributed by atoms with van der Waals surface area (Å²) in [5.41, 5.74) is -0.434. The molecule has 1 amide bonds. The molecule has 2 fully saturated rings. The molecule has 0 aromatic heterocycles. The molecule has 2 unspecified atom stereocenters. The first kappa shape index (κ1) is 24.2. The lowest BCUT2D eigenvalue weighted by Crippen LogP contribution is -2.46. The van der Waals surface area contributed by atoms with E-state index in [2.05, 4.69) is 5.32 Å². The molecule has 0 radical (unpaired) electrons. The topological polar surface area (TPSA) is 82.0 Å². The maximum atomic E-state index is 12.0. The second-order valence-corrected chi connectivity index (χ2v) is 8.70. The lowest BCUT2D eigenvalue weighted by molar-refractivity contribution is 0.00811. The Hall–Kier alpha value is -0.850. The normalized spacial score (nSPS) is 23.4. The van der Waals surface area contributed by atoms with Gasteiger partial charge < -0.3 is 25.2 Å². The van der Waals surface area contributed by atoms with Crippen molar-refractivity contribution in [3.05, 3.63) is 0 Å². The molecule has 6 heteroatoms. The van der Waals surface area contributed by atoms with Crippen LogP contribution in [0.4, 0.5) is 4.79 Å². The number of hydrogen-bond acceptors (Lipinski definition) is 5. The van der Waals surface area contributed by atoms with Crippen LogP contribution < -0.4 is 5.32 Å². The highest BCUT2D eigenvalue weighted by atomic mass is 16.6. The second-order valence-electron chi connectivity index (χ2n) is 8.70. The Bertz CT molecular complexity index is 392. The summed E-state index contributed by atoms with van der Waals surface area (Å²) in [4.78, 5) is 13.9. The fourth-order valence-electron chi connectivity index (χ4n) is 3.70. The van der Waals surface area contributed by atoms with Gasteiger partial charge in [0.2, 0.25) is 0 Å². The highest BCUT2D eigenvalue weighted by molar-refractivity contribution is 5.68. The summed E-state index contributed by atoms with van der Waals surface area (Å²) in [6.45, 7) is 8.16. The molecular weight excluding hydrogens is 344 g/mol. The number of piperidine rings is 2. The molecular formula is C21H42N2O4. The van der Waals surface area contributed by atoms with Crippen molar-refractivity contribution in [3.63, 3.8) is 0 Å². The average Bonchev–Trinajstić information content (AvgIpc) is 2.65. The van der Waals surface area contributed by atoms with Gasteiger partial charge in [0.05, 0.1) is 0 Å². The largest absolute Gasteiger partial charge is 0.444 e. The van der Waals surface area contributed by atoms with Crippen LogP contribution in [0.5, 0.6) is 0 Å². The minimum atomic E-state index is -0.434. The highest BCUT2D eigenvalue weighted by Crippen LogP contribution is 2.23. The highest BCUT2D eigenvalue weighted by Gasteiger charge is 2.29. The van der Waals surface area contributed by atoms with Crippen molar-refractivity contribution in [3.8, 4) is 0 Å². The summed E-state index contributed by atoms with van der Waals surface area (Å²) in [6, 6.07) is 0.937. The summed E-state index contributed by atoms with van der Waals surface area (Å²) in [5, 5.41) is 20.9. The average molecular weight is 387 g/mol. The quantitative estimate of drug-likeness (QED) is 0.651. The van der Waals surface area contributed by atoms with E-state index in [1.165, 1.54) is 25.8 Å². The molecule has 0 spiro atoms. The molecule has 2 aliphatic heterocycles. The molecule has 27 heavy (non-hydrogen) atoms. The van der Waals surface area contributed by atoms with Crippen LogP contribution in [0.25, 0.3) is 0 Å². The van der Waals surface area contributed by atoms with Crippen LogP contribution >= 0.6 is 0 Å². The lowest BCUT2D eigenvalue weighted by atomic mass is 9.98. The first-order chi connectivity index (χ1) is 12.9. The first-order valence-corrected chi connectivity index (χ1v) is 10.8. The third-order valence-corrected chi connectivity index (χ3v) is 5.07. The molecule has 160 valence electrons. The minimum Gasteiger partial charge on any atom is -0.444 e. The summed E-state index contributed by atoms with van der Waals surface area (Å²) < 4.78 is 5.41. The zero-order valence-electron chi connectivity index (χ0n) is 17.7. The van der Waals surface area contributed by atoms with E-state index in [1.807, 2.05) is 25.7 Å². The van der Waals surface area contributed by atoms with Gasteiger partial charge in [-0.25, -0.2) is 4.79 Å². The molecule has 0 bridgehead atoms. The standard InChI is InChI=1S/C13H25NO3.C8H17NO/c1-13(2,3)17-12(16)14-9-5-4-7-11(14)8-6-10-15;10-7-3-5-8-4-1-2-6-9-8/h11,15H,4-10H2,1-3H3;8-10H,1-7H2. The second kappa shape index (κ2) is 13.3. The van der Waals surface area contributed by atoms with E-state index < -0.39 is 5.60 Å². The van der Waals surface area contributed by atoms with E-state index in [4.69, 9.17) is 14.9 Å². The third-order valence-electron chi connectivity index (χ3n) is 5.07. The van der Waals surface area contributed by atoms with Gasteiger partial charge in [-0.05, 0) is 85.1 Å². The number of likely N-dealkylation sites (tertiary alicyclic amines) is 1. The molecule has 2 heterocycles. The van der Waals surface area contributed by atoms with Crippen molar-refractivity contribution in [1.29, 1.82) is 0 Å². The number of aliphatic hydroxyl groups is 2. The molecule has 6 nitrogen and oxygen atoms in total. The SMILES string of the molecule is CC(C)(C)OC(=O)N1CCCCC1CCCO.OCCCC1CCCCN1. The summed E-state index contributed by atoms with van der Waals surface area (Å²) in [6.07, 6.45) is 10.8. The monoisotopic (exact) mass is 386 g/mol. The molecule has 2 atom stereocenters. The minimum absolute atomic E-state index is 0.193. The number of carbonyl (C=O) groups excluding carboxylic acids is 1. The van der Waals surface area contributed by atoms with Crippen molar-refractivity contribution in [2.75, 3.05) is 26.3 Å². The van der Waals surface area contributed by atoms with E-state index in [9.17, 15) is 4.79 Å². The molecule has 0 aromatic rings. The smallest absolute Gasteiger partial charge is 0.410 e. The zero-order valence-corrected chi connectivity index (χ0v) is 17.7. The van der Waals surface area contributed by atoms with Crippen molar-refractivity contribution in [2.45, 2.75) is 103 Å². The number of ether oxygens (including phenoxy) is 1. The van der Waals surface area contributed by atoms with Crippen LogP contribution in [-0.4, -0.2) is 65.2 Å². The zero-order chi connectivity index (χ0) is 20.1. The Morgan fingerprint density at radius 2 is 1.70 bits per heavy atom. The van der Waals surface area contributed by atoms with Gasteiger partial charge in [-0.15, -0.1) is 0 Å². The molecule has 2 rings (SSSR count). The van der Waals surface area contributed by atoms with Gasteiger partial charge >= 0.3 is 6.09 Å². The Labute approximate surface area is 165 Å². The number of rotatable bonds is 6. The Morgan fingerprint density at radius 3 is 2.30 bits per heavy atom. The lowest BCUT2D eigenvalue weighted by Gasteiger charge is -2.36. The van der Waals surface area contributed by atoms with Crippen molar-refractivity contribution < 1.29 is 19.7 Å². The van der Waals surface area contributed by atoms with Gasteiger partial charge in [-0.3, -0.25) is 0 Å². The van der Waals surface area contributed by atoms with Crippen LogP contribution in [0.1, 0.15) is 85.0 Å². The molecule has 3 N–H and O–H groups in total. The van der Waals surface area contributed by atoms with E-state index in [1.54, 1.807) is 0 Å². The van der Waals surface area contributed by atoms with Gasteiger partial charge in [-0.2, -0.15) is 0 Å². The third kappa shape index (κ3) is 10.9. The fourth-order valence-corrected chi connectivity index (χ4v) is 3.70. The number of hydrogen-bond donors (Lipinski definition) is 3. The van der Waals surface area contributed by atoms with E-state index in [-0.39, 0.29) is 18.7 Å². The van der Waals surface area contributed by atoms with E-state index >= 15 is 0 Å². The first-order valence-electron chi connectivity index (χ1n) is 10.8. The van der Waals surface area contributed by atoms with E-state index in [0.717, 1.165) is 51.5 Å². The van der Waals surface area contributed by atoms with E-state index in [0.29, 0.717) is 12.6 Å². The molecule has 0 saturated carbocycles. The van der Waals surface area contributed by atoms with Crippen molar-refractivity contribution in [1.82, 2.24) is 10.2 Å². The van der Waals surface area contributed by atoms with Crippen LogP contribution in [-0.2, 0) is 4.74 Å². The maximum absolute atomic E-state index is 12.0. The molecule has 0 aliphatic carbocycles. The van der Waals surface area contributed by atoms with Gasteiger partial charge in [0.1, 0.15) is 5.60 Å². The number of amides is 1. The summed E-state index contributed by atoms with van der Waals surface area (Å²) in [5.74, 6) is 0. The molecule has 2 aliphatic rings. The molecule has 2 saturated heterocycles. The Balaban J connectivity index is 0.000000309. The van der Waals surface area contributed by atoms with Gasteiger partial charge in [0.25, 0.3) is 0 Å². The summed E-state index contributed by atoms with van der Waals surface area (Å²) >= 11 is 0. The summed E-state index contributed by atoms with van der Waals surface area (Å²) in [7, 11) is 0. The van der Waals surface area contributed by atoms with Crippen LogP contribution in [0.3, 0.4) is 0 Å². The predicted molar refractivity (Wildman–Crippen MR) is 109 cm³/mol. The Kier molecular flexibility index (Phi) is 12.0. The number of aliphatic hydroxyl groups excluding tert-OH is 2. The maximum Gasteiger partial charge on any atom is 0.410 e. The van der Waals surface area contributed by atoms with Crippen molar-refractivity contribution >= 4 is 6.09 Å². The predicted octanol–water partition coefficient (Wildman–Crippen LogP) is 3.45. The number of nitrogens with one attached hydrogen (secondary N) is 1. The van der Waals surface area contributed by atoms with Crippen LogP contribution in [0, 0.1) is 0 Å². The van der Waals surface area contributed by atoms with Crippen LogP contribution in [0.15, 0.2) is 0 Å². The van der Waals surface area contributed by atoms with Crippen LogP contribution in [0.2, 0.25) is 0 Å². The van der Waals surface area contributed by atoms with Gasteiger partial charge in [0.15, 0.2) is 0 Å². The number of nitrogens with zero attached hydrogens (tertiary/aromatic N) is 1. The number of carbonyl (C=O) groups is 1. The van der Waals surface area contributed by atoms with Gasteiger partial charge in [-0.1, -0.05) is 6.42 Å².